The third kappa shape index (κ3) is 4.68. The second-order valence-corrected chi connectivity index (χ2v) is 9.09. The lowest BCUT2D eigenvalue weighted by Crippen LogP contribution is -2.13. The molecule has 4 aromatic rings. The molecule has 0 saturated carbocycles. The number of hydrogen-bond acceptors (Lipinski definition) is 7. The van der Waals surface area contributed by atoms with Gasteiger partial charge < -0.3 is 4.74 Å². The monoisotopic (exact) mass is 471 g/mol. The molecule has 0 amide bonds. The molecule has 172 valence electrons. The van der Waals surface area contributed by atoms with Gasteiger partial charge in [0.15, 0.2) is 0 Å². The topological polar surface area (TPSA) is 72.6 Å². The molecule has 34 heavy (non-hydrogen) atoms. The van der Waals surface area contributed by atoms with Gasteiger partial charge in [-0.3, -0.25) is 4.79 Å². The van der Waals surface area contributed by atoms with E-state index in [0.29, 0.717) is 16.6 Å². The molecule has 0 bridgehead atoms. The first-order valence-corrected chi connectivity index (χ1v) is 12.3. The Morgan fingerprint density at radius 3 is 2.59 bits per heavy atom. The number of carbonyl (C=O) groups excluding carboxylic acids is 1. The zero-order valence-corrected chi connectivity index (χ0v) is 19.7. The highest BCUT2D eigenvalue weighted by Crippen LogP contribution is 2.39. The maximum atomic E-state index is 12.9. The summed E-state index contributed by atoms with van der Waals surface area (Å²) in [5.41, 5.74) is 3.99. The van der Waals surface area contributed by atoms with Gasteiger partial charge >= 0.3 is 0 Å². The number of hydrogen-bond donors (Lipinski definition) is 0. The van der Waals surface area contributed by atoms with E-state index < -0.39 is 0 Å². The van der Waals surface area contributed by atoms with Crippen LogP contribution < -0.4 is 9.15 Å². The Kier molecular flexibility index (Phi) is 6.58. The summed E-state index contributed by atoms with van der Waals surface area (Å²) in [5, 5.41) is 12.8. The molecule has 1 aliphatic heterocycles. The van der Waals surface area contributed by atoms with Gasteiger partial charge in [-0.25, -0.2) is 4.41 Å². The molecule has 0 spiro atoms. The summed E-state index contributed by atoms with van der Waals surface area (Å²) in [7, 11) is 0. The van der Waals surface area contributed by atoms with E-state index in [4.69, 9.17) is 4.74 Å². The van der Waals surface area contributed by atoms with Crippen LogP contribution in [-0.2, 0) is 0 Å². The van der Waals surface area contributed by atoms with Gasteiger partial charge in [0.2, 0.25) is 0 Å². The molecule has 0 aliphatic carbocycles. The second-order valence-electron chi connectivity index (χ2n) is 8.03. The van der Waals surface area contributed by atoms with E-state index in [1.165, 1.54) is 23.1 Å². The van der Waals surface area contributed by atoms with Crippen molar-refractivity contribution in [3.63, 3.8) is 0 Å². The van der Waals surface area contributed by atoms with Crippen molar-refractivity contribution >= 4 is 40.8 Å². The number of para-hydroxylation sites is 1. The zero-order valence-electron chi connectivity index (χ0n) is 18.9. The lowest BCUT2D eigenvalue weighted by molar-refractivity contribution is 0.0948. The molecule has 8 heteroatoms. The van der Waals surface area contributed by atoms with Crippen molar-refractivity contribution in [3.8, 4) is 5.75 Å². The first-order chi connectivity index (χ1) is 16.7. The van der Waals surface area contributed by atoms with Gasteiger partial charge in [0.05, 0.1) is 23.1 Å². The molecule has 1 aliphatic rings. The molecule has 1 atom stereocenters. The lowest BCUT2D eigenvalue weighted by Gasteiger charge is -2.15. The number of nitrogens with zero attached hydrogens (tertiary/aromatic N) is 5. The molecule has 0 fully saturated rings. The van der Waals surface area contributed by atoms with Crippen LogP contribution in [0.25, 0.3) is 11.0 Å². The quantitative estimate of drug-likeness (QED) is 0.236. The zero-order chi connectivity index (χ0) is 23.3. The van der Waals surface area contributed by atoms with Crippen molar-refractivity contribution in [2.24, 2.45) is 5.10 Å². The first kappa shape index (κ1) is 22.2. The van der Waals surface area contributed by atoms with E-state index >= 15 is 0 Å². The molecule has 0 N–H and O–H groups in total. The minimum absolute atomic E-state index is 0.122. The third-order valence-corrected chi connectivity index (χ3v) is 6.75. The predicted molar refractivity (Wildman–Crippen MR) is 136 cm³/mol. The Morgan fingerprint density at radius 2 is 1.79 bits per heavy atom. The maximum absolute atomic E-state index is 12.9. The number of hydrazone groups is 1. The number of ether oxygens (including phenoxy) is 1. The standard InChI is InChI=1S/C26H25N5O2S/c1-2-3-6-17-33-22-15-11-19(12-16-22)25-18-27-31(34-25)21-13-9-20(10-14-21)26(32)30-24-8-5-4-7-23(24)28-29-30/h4-5,7-16,18,25H,2-3,6,17H2,1H3. The van der Waals surface area contributed by atoms with E-state index in [0.717, 1.165) is 24.5 Å². The van der Waals surface area contributed by atoms with Gasteiger partial charge in [0.25, 0.3) is 5.91 Å². The highest BCUT2D eigenvalue weighted by atomic mass is 32.2. The van der Waals surface area contributed by atoms with Gasteiger partial charge in [-0.15, -0.1) is 5.10 Å². The first-order valence-electron chi connectivity index (χ1n) is 11.4. The molecule has 2 heterocycles. The number of rotatable bonds is 8. The average Bonchev–Trinajstić information content (AvgIpc) is 3.55. The summed E-state index contributed by atoms with van der Waals surface area (Å²) in [5.74, 6) is 0.685. The van der Waals surface area contributed by atoms with Crippen LogP contribution in [0.5, 0.6) is 5.75 Å². The van der Waals surface area contributed by atoms with Crippen molar-refractivity contribution < 1.29 is 9.53 Å². The number of benzene rings is 3. The van der Waals surface area contributed by atoms with E-state index in [1.807, 2.05) is 59.2 Å². The highest BCUT2D eigenvalue weighted by Gasteiger charge is 2.22. The Hall–Kier alpha value is -3.65. The number of anilines is 1. The third-order valence-electron chi connectivity index (χ3n) is 5.62. The Bertz CT molecular complexity index is 1300. The normalized spacial score (nSPS) is 15.2. The van der Waals surface area contributed by atoms with Gasteiger partial charge in [-0.05, 0) is 72.5 Å². The van der Waals surface area contributed by atoms with Crippen LogP contribution in [0.3, 0.4) is 0 Å². The summed E-state index contributed by atoms with van der Waals surface area (Å²) in [6, 6.07) is 23.0. The highest BCUT2D eigenvalue weighted by molar-refractivity contribution is 8.01. The van der Waals surface area contributed by atoms with E-state index in [9.17, 15) is 4.79 Å². The van der Waals surface area contributed by atoms with Crippen molar-refractivity contribution in [1.29, 1.82) is 0 Å². The number of unbranched alkanes of at least 4 members (excludes halogenated alkanes) is 2. The predicted octanol–water partition coefficient (Wildman–Crippen LogP) is 5.88. The number of aromatic nitrogens is 3. The molecule has 7 nitrogen and oxygen atoms in total. The van der Waals surface area contributed by atoms with Crippen molar-refractivity contribution in [2.45, 2.75) is 31.4 Å². The van der Waals surface area contributed by atoms with Crippen LogP contribution in [0.15, 0.2) is 77.9 Å². The SMILES string of the molecule is CCCCCOc1ccc(C2C=NN(c3ccc(C(=O)n4nnc5ccccc54)cc3)S2)cc1. The summed E-state index contributed by atoms with van der Waals surface area (Å²) >= 11 is 1.62. The summed E-state index contributed by atoms with van der Waals surface area (Å²) in [6.07, 6.45) is 5.39. The van der Waals surface area contributed by atoms with Crippen LogP contribution in [0.4, 0.5) is 5.69 Å². The van der Waals surface area contributed by atoms with Gasteiger partial charge in [0.1, 0.15) is 11.3 Å². The molecule has 3 aromatic carbocycles. The van der Waals surface area contributed by atoms with Crippen LogP contribution in [0.2, 0.25) is 0 Å². The van der Waals surface area contributed by atoms with Gasteiger partial charge in [-0.1, -0.05) is 49.2 Å². The van der Waals surface area contributed by atoms with Crippen LogP contribution in [0.1, 0.15) is 47.4 Å². The van der Waals surface area contributed by atoms with Crippen molar-refractivity contribution in [1.82, 2.24) is 15.0 Å². The van der Waals surface area contributed by atoms with E-state index in [2.05, 4.69) is 34.5 Å². The van der Waals surface area contributed by atoms with E-state index in [1.54, 1.807) is 24.1 Å². The van der Waals surface area contributed by atoms with Gasteiger partial charge in [-0.2, -0.15) is 9.78 Å². The lowest BCUT2D eigenvalue weighted by atomic mass is 10.1. The van der Waals surface area contributed by atoms with Crippen LogP contribution in [-0.4, -0.2) is 33.7 Å². The summed E-state index contributed by atoms with van der Waals surface area (Å²) in [4.78, 5) is 12.9. The smallest absolute Gasteiger partial charge is 0.280 e. The summed E-state index contributed by atoms with van der Waals surface area (Å²) in [6.45, 7) is 2.94. The van der Waals surface area contributed by atoms with Crippen LogP contribution in [0, 0.1) is 0 Å². The van der Waals surface area contributed by atoms with Crippen molar-refractivity contribution in [3.05, 3.63) is 83.9 Å². The minimum Gasteiger partial charge on any atom is -0.494 e. The molecule has 1 unspecified atom stereocenters. The molecule has 0 saturated heterocycles. The average molecular weight is 472 g/mol. The van der Waals surface area contributed by atoms with Crippen LogP contribution >= 0.6 is 11.9 Å². The summed E-state index contributed by atoms with van der Waals surface area (Å²) < 4.78 is 9.02. The maximum Gasteiger partial charge on any atom is 0.280 e. The molecular weight excluding hydrogens is 446 g/mol. The van der Waals surface area contributed by atoms with E-state index in [-0.39, 0.29) is 11.2 Å². The fraction of sp³-hybridized carbons (Fsp3) is 0.231. The number of fused-ring (bicyclic) bond motifs is 1. The minimum atomic E-state index is -0.215. The molecule has 0 radical (unpaired) electrons. The largest absolute Gasteiger partial charge is 0.494 e. The molecule has 1 aromatic heterocycles. The van der Waals surface area contributed by atoms with Crippen molar-refractivity contribution in [2.75, 3.05) is 11.0 Å². The number of carbonyl (C=O) groups is 1. The fourth-order valence-electron chi connectivity index (χ4n) is 3.73. The molecule has 5 rings (SSSR count). The van der Waals surface area contributed by atoms with Gasteiger partial charge in [0, 0.05) is 11.8 Å². The Labute approximate surface area is 202 Å². The second kappa shape index (κ2) is 10.1. The Balaban J connectivity index is 1.21. The molecular formula is C26H25N5O2S. The fourth-order valence-corrected chi connectivity index (χ4v) is 4.68. The Morgan fingerprint density at radius 1 is 1.00 bits per heavy atom.